The second-order valence-electron chi connectivity index (χ2n) is 4.12. The lowest BCUT2D eigenvalue weighted by molar-refractivity contribution is -0.118. The van der Waals surface area contributed by atoms with Crippen LogP contribution in [0.15, 0.2) is 46.9 Å². The molecule has 2 rings (SSSR count). The third kappa shape index (κ3) is 4.31. The maximum atomic E-state index is 11.8. The molecular weight excluding hydrogens is 358 g/mol. The predicted octanol–water partition coefficient (Wildman–Crippen LogP) is 3.93. The zero-order valence-electron chi connectivity index (χ0n) is 10.8. The zero-order chi connectivity index (χ0) is 15.2. The van der Waals surface area contributed by atoms with Crippen molar-refractivity contribution >= 4 is 45.4 Å². The van der Waals surface area contributed by atoms with Gasteiger partial charge >= 0.3 is 0 Å². The molecule has 0 aliphatic rings. The van der Waals surface area contributed by atoms with Gasteiger partial charge in [-0.25, -0.2) is 0 Å². The predicted molar refractivity (Wildman–Crippen MR) is 85.1 cm³/mol. The summed E-state index contributed by atoms with van der Waals surface area (Å²) in [4.78, 5) is 22.7. The fourth-order valence-electron chi connectivity index (χ4n) is 1.64. The minimum absolute atomic E-state index is 0.205. The molecule has 0 aliphatic carbocycles. The first-order chi connectivity index (χ1) is 10.1. The van der Waals surface area contributed by atoms with Gasteiger partial charge in [0, 0.05) is 9.50 Å². The van der Waals surface area contributed by atoms with Gasteiger partial charge in [0.15, 0.2) is 12.9 Å². The highest BCUT2D eigenvalue weighted by molar-refractivity contribution is 9.10. The summed E-state index contributed by atoms with van der Waals surface area (Å²) >= 11 is 9.12. The maximum Gasteiger partial charge on any atom is 0.262 e. The molecule has 108 valence electrons. The molecule has 0 atom stereocenters. The average molecular weight is 369 g/mol. The van der Waals surface area contributed by atoms with E-state index in [-0.39, 0.29) is 12.5 Å². The second kappa shape index (κ2) is 7.24. The number of halogens is 2. The number of benzene rings is 2. The van der Waals surface area contributed by atoms with Crippen molar-refractivity contribution in [3.63, 3.8) is 0 Å². The van der Waals surface area contributed by atoms with Crippen LogP contribution >= 0.6 is 27.5 Å². The SMILES string of the molecule is O=Cc1cc(Cl)ccc1OCC(=O)Nc1ccccc1Br. The van der Waals surface area contributed by atoms with Crippen molar-refractivity contribution in [1.29, 1.82) is 0 Å². The van der Waals surface area contributed by atoms with Gasteiger partial charge in [-0.1, -0.05) is 23.7 Å². The molecule has 0 aliphatic heterocycles. The molecule has 4 nitrogen and oxygen atoms in total. The van der Waals surface area contributed by atoms with Crippen LogP contribution in [0, 0.1) is 0 Å². The number of carbonyl (C=O) groups excluding carboxylic acids is 2. The Labute approximate surface area is 135 Å². The van der Waals surface area contributed by atoms with Crippen LogP contribution in [0.4, 0.5) is 5.69 Å². The molecule has 0 spiro atoms. The van der Waals surface area contributed by atoms with Crippen LogP contribution in [-0.4, -0.2) is 18.8 Å². The van der Waals surface area contributed by atoms with Gasteiger partial charge in [0.05, 0.1) is 11.3 Å². The first kappa shape index (κ1) is 15.5. The smallest absolute Gasteiger partial charge is 0.262 e. The van der Waals surface area contributed by atoms with Gasteiger partial charge in [0.25, 0.3) is 5.91 Å². The highest BCUT2D eigenvalue weighted by Crippen LogP contribution is 2.22. The van der Waals surface area contributed by atoms with E-state index >= 15 is 0 Å². The molecule has 21 heavy (non-hydrogen) atoms. The number of rotatable bonds is 5. The molecule has 1 amide bonds. The summed E-state index contributed by atoms with van der Waals surface area (Å²) in [5.74, 6) is -0.00891. The molecule has 2 aromatic carbocycles. The zero-order valence-corrected chi connectivity index (χ0v) is 13.1. The van der Waals surface area contributed by atoms with Gasteiger partial charge in [-0.3, -0.25) is 9.59 Å². The summed E-state index contributed by atoms with van der Waals surface area (Å²) < 4.78 is 6.12. The molecule has 0 unspecified atom stereocenters. The first-order valence-corrected chi connectivity index (χ1v) is 7.19. The Balaban J connectivity index is 1.99. The molecule has 2 aromatic rings. The summed E-state index contributed by atoms with van der Waals surface area (Å²) in [5.41, 5.74) is 0.953. The van der Waals surface area contributed by atoms with Crippen molar-refractivity contribution in [2.45, 2.75) is 0 Å². The number of nitrogens with one attached hydrogen (secondary N) is 1. The van der Waals surface area contributed by atoms with Crippen LogP contribution in [0.3, 0.4) is 0 Å². The monoisotopic (exact) mass is 367 g/mol. The van der Waals surface area contributed by atoms with E-state index in [0.29, 0.717) is 28.3 Å². The lowest BCUT2D eigenvalue weighted by atomic mass is 10.2. The lowest BCUT2D eigenvalue weighted by Crippen LogP contribution is -2.20. The highest BCUT2D eigenvalue weighted by atomic mass is 79.9. The molecule has 0 aromatic heterocycles. The Morgan fingerprint density at radius 1 is 1.29 bits per heavy atom. The van der Waals surface area contributed by atoms with Gasteiger partial charge in [0.2, 0.25) is 0 Å². The van der Waals surface area contributed by atoms with Gasteiger partial charge in [0.1, 0.15) is 5.75 Å². The van der Waals surface area contributed by atoms with E-state index in [2.05, 4.69) is 21.2 Å². The Kier molecular flexibility index (Phi) is 5.36. The Bertz CT molecular complexity index is 676. The molecule has 0 saturated heterocycles. The van der Waals surface area contributed by atoms with Gasteiger partial charge in [-0.05, 0) is 46.3 Å². The summed E-state index contributed by atoms with van der Waals surface area (Å²) in [7, 11) is 0. The number of amides is 1. The topological polar surface area (TPSA) is 55.4 Å². The molecule has 0 bridgehead atoms. The Hall–Kier alpha value is -1.85. The van der Waals surface area contributed by atoms with E-state index in [0.717, 1.165) is 4.47 Å². The van der Waals surface area contributed by atoms with Crippen LogP contribution in [0.2, 0.25) is 5.02 Å². The van der Waals surface area contributed by atoms with Crippen LogP contribution in [0.25, 0.3) is 0 Å². The molecule has 6 heteroatoms. The number of hydrogen-bond acceptors (Lipinski definition) is 3. The molecule has 0 saturated carbocycles. The molecule has 0 fully saturated rings. The minimum Gasteiger partial charge on any atom is -0.483 e. The van der Waals surface area contributed by atoms with Crippen LogP contribution in [0.1, 0.15) is 10.4 Å². The summed E-state index contributed by atoms with van der Waals surface area (Å²) in [6.45, 7) is -0.205. The minimum atomic E-state index is -0.325. The van der Waals surface area contributed by atoms with Crippen molar-refractivity contribution in [3.05, 3.63) is 57.5 Å². The van der Waals surface area contributed by atoms with E-state index in [1.54, 1.807) is 18.2 Å². The summed E-state index contributed by atoms with van der Waals surface area (Å²) in [5, 5.41) is 3.14. The lowest BCUT2D eigenvalue weighted by Gasteiger charge is -2.10. The third-order valence-electron chi connectivity index (χ3n) is 2.61. The van der Waals surface area contributed by atoms with Crippen molar-refractivity contribution in [3.8, 4) is 5.75 Å². The number of anilines is 1. The van der Waals surface area contributed by atoms with E-state index in [1.807, 2.05) is 18.2 Å². The van der Waals surface area contributed by atoms with E-state index in [9.17, 15) is 9.59 Å². The van der Waals surface area contributed by atoms with E-state index < -0.39 is 0 Å². The van der Waals surface area contributed by atoms with Gasteiger partial charge in [-0.2, -0.15) is 0 Å². The summed E-state index contributed by atoms with van der Waals surface area (Å²) in [6, 6.07) is 11.9. The number of carbonyl (C=O) groups is 2. The standard InChI is InChI=1S/C15H11BrClNO3/c16-12-3-1-2-4-13(12)18-15(20)9-21-14-6-5-11(17)7-10(14)8-19/h1-8H,9H2,(H,18,20). The van der Waals surface area contributed by atoms with Crippen molar-refractivity contribution < 1.29 is 14.3 Å². The molecule has 0 heterocycles. The number of hydrogen-bond donors (Lipinski definition) is 1. The van der Waals surface area contributed by atoms with Gasteiger partial charge < -0.3 is 10.1 Å². The quantitative estimate of drug-likeness (QED) is 0.814. The van der Waals surface area contributed by atoms with Crippen LogP contribution in [-0.2, 0) is 4.79 Å². The van der Waals surface area contributed by atoms with Crippen molar-refractivity contribution in [2.75, 3.05) is 11.9 Å². The highest BCUT2D eigenvalue weighted by Gasteiger charge is 2.09. The first-order valence-electron chi connectivity index (χ1n) is 6.02. The maximum absolute atomic E-state index is 11.8. The largest absolute Gasteiger partial charge is 0.483 e. The Morgan fingerprint density at radius 3 is 2.76 bits per heavy atom. The third-order valence-corrected chi connectivity index (χ3v) is 3.53. The normalized spacial score (nSPS) is 10.0. The number of para-hydroxylation sites is 1. The molecular formula is C15H11BrClNO3. The number of ether oxygens (including phenoxy) is 1. The Morgan fingerprint density at radius 2 is 2.05 bits per heavy atom. The van der Waals surface area contributed by atoms with E-state index in [4.69, 9.17) is 16.3 Å². The average Bonchev–Trinajstić information content (AvgIpc) is 2.48. The van der Waals surface area contributed by atoms with Crippen LogP contribution in [0.5, 0.6) is 5.75 Å². The van der Waals surface area contributed by atoms with Crippen molar-refractivity contribution in [1.82, 2.24) is 0 Å². The van der Waals surface area contributed by atoms with Crippen LogP contribution < -0.4 is 10.1 Å². The molecule has 1 N–H and O–H groups in total. The van der Waals surface area contributed by atoms with Gasteiger partial charge in [-0.15, -0.1) is 0 Å². The fraction of sp³-hybridized carbons (Fsp3) is 0.0667. The second-order valence-corrected chi connectivity index (χ2v) is 5.41. The number of aldehydes is 1. The summed E-state index contributed by atoms with van der Waals surface area (Å²) in [6.07, 6.45) is 0.632. The van der Waals surface area contributed by atoms with E-state index in [1.165, 1.54) is 6.07 Å². The fourth-order valence-corrected chi connectivity index (χ4v) is 2.20. The molecule has 0 radical (unpaired) electrons. The van der Waals surface area contributed by atoms with Crippen molar-refractivity contribution in [2.24, 2.45) is 0 Å².